The van der Waals surface area contributed by atoms with Gasteiger partial charge in [0.25, 0.3) is 0 Å². The van der Waals surface area contributed by atoms with Gasteiger partial charge in [-0.3, -0.25) is 14.7 Å². The fourth-order valence-corrected chi connectivity index (χ4v) is 3.57. The zero-order valence-electron chi connectivity index (χ0n) is 16.9. The molecule has 1 rings (SSSR count). The highest BCUT2D eigenvalue weighted by molar-refractivity contribution is 5.79. The number of aliphatic imine (C=N–C) groups is 1. The molecule has 146 valence electrons. The highest BCUT2D eigenvalue weighted by atomic mass is 16.1. The molecule has 0 aliphatic heterocycles. The summed E-state index contributed by atoms with van der Waals surface area (Å²) in [6, 6.07) is 1.07. The van der Waals surface area contributed by atoms with Crippen LogP contribution in [0.1, 0.15) is 59.8 Å². The fourth-order valence-electron chi connectivity index (χ4n) is 3.57. The maximum atomic E-state index is 11.9. The lowest BCUT2D eigenvalue weighted by Crippen LogP contribution is -2.46. The van der Waals surface area contributed by atoms with Crippen LogP contribution in [0.3, 0.4) is 0 Å². The van der Waals surface area contributed by atoms with Crippen molar-refractivity contribution in [2.75, 3.05) is 33.2 Å². The van der Waals surface area contributed by atoms with Gasteiger partial charge in [0.15, 0.2) is 5.96 Å². The van der Waals surface area contributed by atoms with Crippen LogP contribution in [0, 0.1) is 5.92 Å². The minimum Gasteiger partial charge on any atom is -0.355 e. The Hall–Kier alpha value is -1.30. The van der Waals surface area contributed by atoms with E-state index in [4.69, 9.17) is 0 Å². The molecule has 0 aromatic heterocycles. The standard InChI is InChI=1S/C19H39N5O/c1-15(2)24(16(3)4)13-12-23-19(20-5)22-11-10-21-18(25)14-17-8-6-7-9-17/h15-17H,6-14H2,1-5H3,(H,21,25)(H2,20,22,23). The fraction of sp³-hybridized carbons (Fsp3) is 0.895. The Bertz CT molecular complexity index is 395. The molecule has 25 heavy (non-hydrogen) atoms. The molecule has 0 heterocycles. The van der Waals surface area contributed by atoms with Crippen LogP contribution < -0.4 is 16.0 Å². The summed E-state index contributed by atoms with van der Waals surface area (Å²) in [5.74, 6) is 1.57. The summed E-state index contributed by atoms with van der Waals surface area (Å²) in [7, 11) is 1.77. The van der Waals surface area contributed by atoms with E-state index in [0.29, 0.717) is 37.5 Å². The Morgan fingerprint density at radius 1 is 1.00 bits per heavy atom. The first-order valence-electron chi connectivity index (χ1n) is 9.91. The molecule has 1 aliphatic carbocycles. The monoisotopic (exact) mass is 353 g/mol. The number of hydrogen-bond donors (Lipinski definition) is 3. The van der Waals surface area contributed by atoms with E-state index in [1.165, 1.54) is 25.7 Å². The summed E-state index contributed by atoms with van der Waals surface area (Å²) in [6.07, 6.45) is 5.68. The molecule has 6 heteroatoms. The van der Waals surface area contributed by atoms with Gasteiger partial charge in [-0.25, -0.2) is 0 Å². The molecule has 0 saturated heterocycles. The number of carbonyl (C=O) groups is 1. The van der Waals surface area contributed by atoms with Gasteiger partial charge in [-0.1, -0.05) is 12.8 Å². The van der Waals surface area contributed by atoms with Gasteiger partial charge in [0, 0.05) is 51.7 Å². The van der Waals surface area contributed by atoms with Crippen molar-refractivity contribution in [1.82, 2.24) is 20.9 Å². The summed E-state index contributed by atoms with van der Waals surface area (Å²) < 4.78 is 0. The maximum absolute atomic E-state index is 11.9. The Morgan fingerprint density at radius 3 is 2.12 bits per heavy atom. The van der Waals surface area contributed by atoms with Gasteiger partial charge in [0.1, 0.15) is 0 Å². The Labute approximate surface area is 154 Å². The van der Waals surface area contributed by atoms with Crippen LogP contribution in [0.4, 0.5) is 0 Å². The SMILES string of the molecule is CN=C(NCCNC(=O)CC1CCCC1)NCCN(C(C)C)C(C)C. The summed E-state index contributed by atoms with van der Waals surface area (Å²) >= 11 is 0. The summed E-state index contributed by atoms with van der Waals surface area (Å²) in [6.45, 7) is 12.0. The zero-order valence-corrected chi connectivity index (χ0v) is 16.9. The summed E-state index contributed by atoms with van der Waals surface area (Å²) in [5, 5.41) is 9.60. The van der Waals surface area contributed by atoms with E-state index in [-0.39, 0.29) is 5.91 Å². The summed E-state index contributed by atoms with van der Waals surface area (Å²) in [4.78, 5) is 18.6. The van der Waals surface area contributed by atoms with Crippen molar-refractivity contribution in [3.63, 3.8) is 0 Å². The lowest BCUT2D eigenvalue weighted by Gasteiger charge is -2.30. The first-order valence-corrected chi connectivity index (χ1v) is 9.91. The highest BCUT2D eigenvalue weighted by Gasteiger charge is 2.18. The van der Waals surface area contributed by atoms with E-state index in [0.717, 1.165) is 19.0 Å². The lowest BCUT2D eigenvalue weighted by atomic mass is 10.0. The van der Waals surface area contributed by atoms with E-state index in [2.05, 4.69) is 53.5 Å². The molecule has 1 fully saturated rings. The van der Waals surface area contributed by atoms with Crippen molar-refractivity contribution in [3.05, 3.63) is 0 Å². The smallest absolute Gasteiger partial charge is 0.220 e. The first kappa shape index (κ1) is 21.7. The molecule has 0 bridgehead atoms. The molecule has 0 unspecified atom stereocenters. The second kappa shape index (κ2) is 12.1. The molecule has 0 aromatic rings. The van der Waals surface area contributed by atoms with Crippen molar-refractivity contribution in [3.8, 4) is 0 Å². The molecule has 0 radical (unpaired) electrons. The number of nitrogens with zero attached hydrogens (tertiary/aromatic N) is 2. The number of rotatable bonds is 10. The van der Waals surface area contributed by atoms with Crippen LogP contribution in [-0.2, 0) is 4.79 Å². The number of guanidine groups is 1. The van der Waals surface area contributed by atoms with Crippen molar-refractivity contribution < 1.29 is 4.79 Å². The predicted molar refractivity (Wildman–Crippen MR) is 106 cm³/mol. The zero-order chi connectivity index (χ0) is 18.7. The Kier molecular flexibility index (Phi) is 10.5. The minimum absolute atomic E-state index is 0.182. The molecule has 1 saturated carbocycles. The maximum Gasteiger partial charge on any atom is 0.220 e. The molecule has 0 spiro atoms. The van der Waals surface area contributed by atoms with Crippen LogP contribution in [-0.4, -0.2) is 62.1 Å². The van der Waals surface area contributed by atoms with Crippen molar-refractivity contribution in [2.45, 2.75) is 71.9 Å². The quantitative estimate of drug-likeness (QED) is 0.319. The van der Waals surface area contributed by atoms with Gasteiger partial charge in [-0.2, -0.15) is 0 Å². The Morgan fingerprint density at radius 2 is 1.56 bits per heavy atom. The average Bonchev–Trinajstić information content (AvgIpc) is 3.05. The minimum atomic E-state index is 0.182. The van der Waals surface area contributed by atoms with Crippen LogP contribution in [0.2, 0.25) is 0 Å². The average molecular weight is 354 g/mol. The van der Waals surface area contributed by atoms with Gasteiger partial charge in [-0.15, -0.1) is 0 Å². The normalized spacial score (nSPS) is 16.1. The van der Waals surface area contributed by atoms with Gasteiger partial charge in [-0.05, 0) is 46.5 Å². The lowest BCUT2D eigenvalue weighted by molar-refractivity contribution is -0.121. The van der Waals surface area contributed by atoms with Gasteiger partial charge < -0.3 is 16.0 Å². The second-order valence-electron chi connectivity index (χ2n) is 7.56. The third kappa shape index (κ3) is 9.10. The van der Waals surface area contributed by atoms with E-state index >= 15 is 0 Å². The number of nitrogens with one attached hydrogen (secondary N) is 3. The predicted octanol–water partition coefficient (Wildman–Crippen LogP) is 1.97. The molecule has 0 atom stereocenters. The molecule has 1 amide bonds. The van der Waals surface area contributed by atoms with E-state index < -0.39 is 0 Å². The molecule has 3 N–H and O–H groups in total. The number of hydrogen-bond acceptors (Lipinski definition) is 3. The molecular weight excluding hydrogens is 314 g/mol. The highest BCUT2D eigenvalue weighted by Crippen LogP contribution is 2.27. The van der Waals surface area contributed by atoms with E-state index in [9.17, 15) is 4.79 Å². The van der Waals surface area contributed by atoms with Crippen molar-refractivity contribution in [2.24, 2.45) is 10.9 Å². The van der Waals surface area contributed by atoms with Crippen LogP contribution in [0.5, 0.6) is 0 Å². The molecule has 6 nitrogen and oxygen atoms in total. The number of carbonyl (C=O) groups excluding carboxylic acids is 1. The molecule has 0 aromatic carbocycles. The third-order valence-corrected chi connectivity index (χ3v) is 4.90. The van der Waals surface area contributed by atoms with Crippen LogP contribution in [0.25, 0.3) is 0 Å². The van der Waals surface area contributed by atoms with Crippen molar-refractivity contribution >= 4 is 11.9 Å². The largest absolute Gasteiger partial charge is 0.355 e. The van der Waals surface area contributed by atoms with Gasteiger partial charge in [0.05, 0.1) is 0 Å². The van der Waals surface area contributed by atoms with Gasteiger partial charge in [0.2, 0.25) is 5.91 Å². The van der Waals surface area contributed by atoms with E-state index in [1.54, 1.807) is 7.05 Å². The van der Waals surface area contributed by atoms with Crippen LogP contribution in [0.15, 0.2) is 4.99 Å². The Balaban J connectivity index is 2.14. The van der Waals surface area contributed by atoms with Crippen LogP contribution >= 0.6 is 0 Å². The first-order chi connectivity index (χ1) is 11.9. The van der Waals surface area contributed by atoms with Gasteiger partial charge >= 0.3 is 0 Å². The summed E-state index contributed by atoms with van der Waals surface area (Å²) in [5.41, 5.74) is 0. The van der Waals surface area contributed by atoms with E-state index in [1.807, 2.05) is 0 Å². The third-order valence-electron chi connectivity index (χ3n) is 4.90. The number of amides is 1. The molecule has 1 aliphatic rings. The second-order valence-corrected chi connectivity index (χ2v) is 7.56. The van der Waals surface area contributed by atoms with Crippen molar-refractivity contribution in [1.29, 1.82) is 0 Å². The molecular formula is C19H39N5O. The topological polar surface area (TPSA) is 68.8 Å².